The van der Waals surface area contributed by atoms with Crippen LogP contribution in [-0.4, -0.2) is 58.8 Å². The SMILES string of the molecule is COC(=O)C1CCC(I)CC1S(=O)(=O)NC(=O)Nc1nc(C)nc(OC)n1. The van der Waals surface area contributed by atoms with Crippen LogP contribution in [0.2, 0.25) is 0 Å². The van der Waals surface area contributed by atoms with Gasteiger partial charge in [0.05, 0.1) is 25.4 Å². The first-order valence-corrected chi connectivity index (χ1v) is 10.8. The highest BCUT2D eigenvalue weighted by Crippen LogP contribution is 2.34. The molecule has 13 heteroatoms. The molecular weight excluding hydrogens is 493 g/mol. The zero-order valence-corrected chi connectivity index (χ0v) is 17.9. The third-order valence-electron chi connectivity index (χ3n) is 4.00. The highest BCUT2D eigenvalue weighted by Gasteiger charge is 2.43. The summed E-state index contributed by atoms with van der Waals surface area (Å²) in [5.41, 5.74) is 0. The highest BCUT2D eigenvalue weighted by molar-refractivity contribution is 14.1. The summed E-state index contributed by atoms with van der Waals surface area (Å²) in [5.74, 6) is -1.31. The van der Waals surface area contributed by atoms with Gasteiger partial charge in [-0.25, -0.2) is 17.9 Å². The van der Waals surface area contributed by atoms with E-state index in [0.29, 0.717) is 12.8 Å². The van der Waals surface area contributed by atoms with Gasteiger partial charge >= 0.3 is 18.0 Å². The topological polar surface area (TPSA) is 149 Å². The largest absolute Gasteiger partial charge is 0.469 e. The van der Waals surface area contributed by atoms with Crippen molar-refractivity contribution in [2.24, 2.45) is 5.92 Å². The molecule has 2 amide bonds. The van der Waals surface area contributed by atoms with Crippen molar-refractivity contribution in [1.29, 1.82) is 0 Å². The smallest absolute Gasteiger partial charge is 0.335 e. The fourth-order valence-corrected chi connectivity index (χ4v) is 5.66. The normalized spacial score (nSPS) is 22.6. The van der Waals surface area contributed by atoms with Gasteiger partial charge in [-0.2, -0.15) is 15.0 Å². The van der Waals surface area contributed by atoms with E-state index < -0.39 is 33.2 Å². The number of rotatable bonds is 5. The van der Waals surface area contributed by atoms with E-state index in [4.69, 9.17) is 9.47 Å². The number of hydrogen-bond acceptors (Lipinski definition) is 9. The predicted octanol–water partition coefficient (Wildman–Crippen LogP) is 0.785. The molecule has 1 aliphatic rings. The van der Waals surface area contributed by atoms with Gasteiger partial charge in [0.25, 0.3) is 0 Å². The molecule has 1 saturated carbocycles. The molecule has 2 rings (SSSR count). The summed E-state index contributed by atoms with van der Waals surface area (Å²) < 4.78 is 37.0. The van der Waals surface area contributed by atoms with Crippen LogP contribution in [0.1, 0.15) is 25.1 Å². The standard InChI is InChI=1S/C14H20IN5O6S/c1-7-16-12(19-14(17-7)26-3)18-13(22)20-27(23,24)10-6-8(15)4-5-9(10)11(21)25-2/h8-10H,4-6H2,1-3H3,(H2,16,17,18,19,20,22). The van der Waals surface area contributed by atoms with Gasteiger partial charge in [0.1, 0.15) is 5.82 Å². The lowest BCUT2D eigenvalue weighted by molar-refractivity contribution is -0.146. The van der Waals surface area contributed by atoms with E-state index in [2.05, 4.69) is 42.9 Å². The highest BCUT2D eigenvalue weighted by atomic mass is 127. The third-order valence-corrected chi connectivity index (χ3v) is 6.92. The second kappa shape index (κ2) is 8.95. The number of nitrogens with zero attached hydrogens (tertiary/aromatic N) is 3. The molecule has 0 aromatic carbocycles. The Balaban J connectivity index is 2.14. The van der Waals surface area contributed by atoms with Crippen molar-refractivity contribution < 1.29 is 27.5 Å². The first kappa shape index (κ1) is 21.5. The molecule has 11 nitrogen and oxygen atoms in total. The van der Waals surface area contributed by atoms with Crippen molar-refractivity contribution in [3.63, 3.8) is 0 Å². The fraction of sp³-hybridized carbons (Fsp3) is 0.643. The Morgan fingerprint density at radius 2 is 1.89 bits per heavy atom. The van der Waals surface area contributed by atoms with Crippen LogP contribution < -0.4 is 14.8 Å². The Hall–Kier alpha value is -1.77. The number of ether oxygens (including phenoxy) is 2. The van der Waals surface area contributed by atoms with Crippen LogP contribution in [0.4, 0.5) is 10.7 Å². The maximum atomic E-state index is 12.7. The number of aromatic nitrogens is 3. The van der Waals surface area contributed by atoms with Crippen LogP contribution in [0.5, 0.6) is 6.01 Å². The lowest BCUT2D eigenvalue weighted by Crippen LogP contribution is -2.48. The molecular formula is C14H20IN5O6S. The molecule has 1 aromatic heterocycles. The molecule has 1 heterocycles. The number of esters is 1. The van der Waals surface area contributed by atoms with Gasteiger partial charge in [-0.05, 0) is 26.2 Å². The van der Waals surface area contributed by atoms with E-state index in [0.717, 1.165) is 0 Å². The van der Waals surface area contributed by atoms with E-state index in [9.17, 15) is 18.0 Å². The number of anilines is 1. The first-order valence-electron chi connectivity index (χ1n) is 7.97. The molecule has 150 valence electrons. The summed E-state index contributed by atoms with van der Waals surface area (Å²) in [7, 11) is -1.58. The number of sulfonamides is 1. The molecule has 0 saturated heterocycles. The molecule has 3 unspecified atom stereocenters. The first-order chi connectivity index (χ1) is 12.7. The molecule has 0 radical (unpaired) electrons. The van der Waals surface area contributed by atoms with Crippen LogP contribution in [0.25, 0.3) is 0 Å². The summed E-state index contributed by atoms with van der Waals surface area (Å²) in [4.78, 5) is 35.7. The Morgan fingerprint density at radius 3 is 2.52 bits per heavy atom. The van der Waals surface area contributed by atoms with Crippen LogP contribution >= 0.6 is 22.6 Å². The minimum Gasteiger partial charge on any atom is -0.469 e. The number of carbonyl (C=O) groups is 2. The monoisotopic (exact) mass is 513 g/mol. The van der Waals surface area contributed by atoms with E-state index in [1.807, 2.05) is 4.72 Å². The van der Waals surface area contributed by atoms with Crippen LogP contribution in [-0.2, 0) is 19.6 Å². The van der Waals surface area contributed by atoms with Gasteiger partial charge in [0.15, 0.2) is 0 Å². The van der Waals surface area contributed by atoms with Gasteiger partial charge < -0.3 is 9.47 Å². The maximum absolute atomic E-state index is 12.7. The van der Waals surface area contributed by atoms with Gasteiger partial charge in [-0.3, -0.25) is 10.1 Å². The zero-order valence-electron chi connectivity index (χ0n) is 14.9. The summed E-state index contributed by atoms with van der Waals surface area (Å²) in [6.07, 6.45) is 1.31. The van der Waals surface area contributed by atoms with E-state index >= 15 is 0 Å². The molecule has 0 aliphatic heterocycles. The number of aryl methyl sites for hydroxylation is 1. The summed E-state index contributed by atoms with van der Waals surface area (Å²) in [6.45, 7) is 1.56. The molecule has 1 fully saturated rings. The van der Waals surface area contributed by atoms with Crippen LogP contribution in [0, 0.1) is 12.8 Å². The second-order valence-corrected chi connectivity index (χ2v) is 9.53. The Labute approximate surface area is 170 Å². The fourth-order valence-electron chi connectivity index (χ4n) is 2.78. The van der Waals surface area contributed by atoms with Crippen molar-refractivity contribution in [1.82, 2.24) is 19.7 Å². The van der Waals surface area contributed by atoms with Crippen molar-refractivity contribution >= 4 is 50.6 Å². The predicted molar refractivity (Wildman–Crippen MR) is 103 cm³/mol. The number of alkyl halides is 1. The van der Waals surface area contributed by atoms with Crippen molar-refractivity contribution in [2.45, 2.75) is 35.4 Å². The van der Waals surface area contributed by atoms with E-state index in [1.165, 1.54) is 14.2 Å². The van der Waals surface area contributed by atoms with Gasteiger partial charge in [0.2, 0.25) is 16.0 Å². The minimum atomic E-state index is -4.14. The summed E-state index contributed by atoms with van der Waals surface area (Å²) >= 11 is 2.14. The molecule has 0 spiro atoms. The van der Waals surface area contributed by atoms with Crippen molar-refractivity contribution in [3.05, 3.63) is 5.82 Å². The van der Waals surface area contributed by atoms with Gasteiger partial charge in [-0.15, -0.1) is 0 Å². The maximum Gasteiger partial charge on any atom is 0.335 e. The molecule has 1 aliphatic carbocycles. The minimum absolute atomic E-state index is 0.0218. The third kappa shape index (κ3) is 5.60. The second-order valence-electron chi connectivity index (χ2n) is 5.87. The average Bonchev–Trinajstić information content (AvgIpc) is 2.59. The van der Waals surface area contributed by atoms with Crippen molar-refractivity contribution in [2.75, 3.05) is 19.5 Å². The number of carbonyl (C=O) groups excluding carboxylic acids is 2. The molecule has 3 atom stereocenters. The Bertz CT molecular complexity index is 820. The molecule has 1 aromatic rings. The number of nitrogens with one attached hydrogen (secondary N) is 2. The summed E-state index contributed by atoms with van der Waals surface area (Å²) in [5, 5.41) is 1.16. The number of hydrogen-bond donors (Lipinski definition) is 2. The van der Waals surface area contributed by atoms with Crippen LogP contribution in [0.15, 0.2) is 0 Å². The van der Waals surface area contributed by atoms with E-state index in [-0.39, 0.29) is 28.1 Å². The van der Waals surface area contributed by atoms with Gasteiger partial charge in [-0.1, -0.05) is 22.6 Å². The average molecular weight is 513 g/mol. The number of halogens is 1. The Morgan fingerprint density at radius 1 is 1.19 bits per heavy atom. The number of methoxy groups -OCH3 is 2. The Kier molecular flexibility index (Phi) is 7.13. The lowest BCUT2D eigenvalue weighted by Gasteiger charge is -2.31. The lowest BCUT2D eigenvalue weighted by atomic mass is 9.89. The van der Waals surface area contributed by atoms with E-state index in [1.54, 1.807) is 6.92 Å². The van der Waals surface area contributed by atoms with Gasteiger partial charge in [0, 0.05) is 3.92 Å². The quantitative estimate of drug-likeness (QED) is 0.331. The summed E-state index contributed by atoms with van der Waals surface area (Å²) in [6, 6.07) is -1.06. The zero-order chi connectivity index (χ0) is 20.2. The molecule has 27 heavy (non-hydrogen) atoms. The molecule has 0 bridgehead atoms. The molecule has 2 N–H and O–H groups in total. The van der Waals surface area contributed by atoms with Crippen LogP contribution in [0.3, 0.4) is 0 Å². The number of amides is 2. The number of urea groups is 1. The van der Waals surface area contributed by atoms with Crippen molar-refractivity contribution in [3.8, 4) is 6.01 Å².